The summed E-state index contributed by atoms with van der Waals surface area (Å²) >= 11 is 0.931. The molecule has 0 N–H and O–H groups in total. The lowest BCUT2D eigenvalue weighted by Crippen LogP contribution is -2.40. The fourth-order valence-corrected chi connectivity index (χ4v) is 3.32. The molecule has 1 unspecified atom stereocenters. The number of thiophene rings is 1. The molecule has 1 aliphatic heterocycles. The lowest BCUT2D eigenvalue weighted by atomic mass is 10.1. The molecule has 1 amide bonds. The average molecular weight is 291 g/mol. The quantitative estimate of drug-likeness (QED) is 0.631. The van der Waals surface area contributed by atoms with Gasteiger partial charge >= 0.3 is 5.00 Å². The minimum Gasteiger partial charge on any atom is -0.348 e. The maximum absolute atomic E-state index is 12.5. The van der Waals surface area contributed by atoms with E-state index in [0.29, 0.717) is 11.4 Å². The lowest BCUT2D eigenvalue weighted by Gasteiger charge is -2.34. The van der Waals surface area contributed by atoms with Crippen molar-refractivity contribution in [2.75, 3.05) is 6.54 Å². The highest BCUT2D eigenvalue weighted by molar-refractivity contribution is 7.17. The van der Waals surface area contributed by atoms with Gasteiger partial charge in [-0.25, -0.2) is 0 Å². The number of aromatic nitrogens is 1. The first-order valence-electron chi connectivity index (χ1n) is 6.28. The van der Waals surface area contributed by atoms with E-state index in [9.17, 15) is 14.9 Å². The van der Waals surface area contributed by atoms with Gasteiger partial charge in [0.25, 0.3) is 5.91 Å². The summed E-state index contributed by atoms with van der Waals surface area (Å²) in [5.74, 6) is -0.136. The van der Waals surface area contributed by atoms with Crippen LogP contribution in [0.2, 0.25) is 0 Å². The van der Waals surface area contributed by atoms with Gasteiger partial charge < -0.3 is 9.47 Å². The van der Waals surface area contributed by atoms with E-state index in [1.807, 2.05) is 25.3 Å². The third kappa shape index (κ3) is 2.00. The summed E-state index contributed by atoms with van der Waals surface area (Å²) in [5, 5.41) is 10.7. The van der Waals surface area contributed by atoms with Crippen molar-refractivity contribution in [2.45, 2.75) is 19.5 Å². The van der Waals surface area contributed by atoms with Crippen LogP contribution in [0.15, 0.2) is 30.5 Å². The highest BCUT2D eigenvalue weighted by Gasteiger charge is 2.29. The van der Waals surface area contributed by atoms with Crippen LogP contribution < -0.4 is 0 Å². The molecule has 0 saturated carbocycles. The van der Waals surface area contributed by atoms with Gasteiger partial charge in [-0.2, -0.15) is 0 Å². The SMILES string of the molecule is CC1c2cccn2CCN1C(=O)c1ccc([N+](=O)[O-])s1. The van der Waals surface area contributed by atoms with Gasteiger partial charge in [-0.05, 0) is 25.1 Å². The Kier molecular flexibility index (Phi) is 3.06. The molecule has 0 spiro atoms. The van der Waals surface area contributed by atoms with E-state index in [-0.39, 0.29) is 17.0 Å². The van der Waals surface area contributed by atoms with Crippen molar-refractivity contribution in [3.05, 3.63) is 51.1 Å². The third-order valence-corrected chi connectivity index (χ3v) is 4.61. The molecular weight excluding hydrogens is 278 g/mol. The number of carbonyl (C=O) groups excluding carboxylic acids is 1. The molecule has 7 heteroatoms. The second-order valence-corrected chi connectivity index (χ2v) is 5.76. The largest absolute Gasteiger partial charge is 0.348 e. The summed E-state index contributed by atoms with van der Waals surface area (Å²) in [6.07, 6.45) is 2.00. The predicted molar refractivity (Wildman–Crippen MR) is 74.9 cm³/mol. The van der Waals surface area contributed by atoms with Gasteiger partial charge in [0.05, 0.1) is 15.8 Å². The standard InChI is InChI=1S/C13H13N3O3S/c1-9-10-3-2-6-14(10)7-8-15(9)13(17)11-4-5-12(20-11)16(18)19/h2-6,9H,7-8H2,1H3. The fraction of sp³-hybridized carbons (Fsp3) is 0.308. The molecule has 20 heavy (non-hydrogen) atoms. The molecule has 2 aromatic rings. The van der Waals surface area contributed by atoms with Crippen LogP contribution in [0.4, 0.5) is 5.00 Å². The Morgan fingerprint density at radius 1 is 1.40 bits per heavy atom. The first-order chi connectivity index (χ1) is 9.58. The van der Waals surface area contributed by atoms with Gasteiger partial charge in [0.2, 0.25) is 0 Å². The molecule has 0 aromatic carbocycles. The van der Waals surface area contributed by atoms with Crippen molar-refractivity contribution in [2.24, 2.45) is 0 Å². The van der Waals surface area contributed by atoms with Crippen LogP contribution in [0.25, 0.3) is 0 Å². The number of amides is 1. The van der Waals surface area contributed by atoms with Crippen LogP contribution in [-0.4, -0.2) is 26.8 Å². The number of carbonyl (C=O) groups is 1. The van der Waals surface area contributed by atoms with Crippen LogP contribution in [-0.2, 0) is 6.54 Å². The molecule has 0 saturated heterocycles. The maximum atomic E-state index is 12.5. The number of rotatable bonds is 2. The number of hydrogen-bond acceptors (Lipinski definition) is 4. The van der Waals surface area contributed by atoms with Crippen molar-refractivity contribution < 1.29 is 9.72 Å². The fourth-order valence-electron chi connectivity index (χ4n) is 2.54. The molecule has 3 heterocycles. The molecule has 1 atom stereocenters. The Balaban J connectivity index is 1.86. The van der Waals surface area contributed by atoms with Crippen molar-refractivity contribution in [1.29, 1.82) is 0 Å². The molecular formula is C13H13N3O3S. The highest BCUT2D eigenvalue weighted by atomic mass is 32.1. The van der Waals surface area contributed by atoms with Crippen molar-refractivity contribution in [3.8, 4) is 0 Å². The van der Waals surface area contributed by atoms with Crippen molar-refractivity contribution in [1.82, 2.24) is 9.47 Å². The minimum atomic E-state index is -0.466. The Morgan fingerprint density at radius 2 is 2.20 bits per heavy atom. The van der Waals surface area contributed by atoms with Crippen LogP contribution in [0.5, 0.6) is 0 Å². The Hall–Kier alpha value is -2.15. The van der Waals surface area contributed by atoms with E-state index < -0.39 is 4.92 Å². The van der Waals surface area contributed by atoms with E-state index in [4.69, 9.17) is 0 Å². The smallest absolute Gasteiger partial charge is 0.324 e. The van der Waals surface area contributed by atoms with Crippen LogP contribution >= 0.6 is 11.3 Å². The van der Waals surface area contributed by atoms with E-state index in [1.165, 1.54) is 12.1 Å². The molecule has 0 bridgehead atoms. The molecule has 1 aliphatic rings. The normalized spacial score (nSPS) is 17.9. The predicted octanol–water partition coefficient (Wildman–Crippen LogP) is 2.67. The van der Waals surface area contributed by atoms with Crippen LogP contribution in [0.1, 0.15) is 28.3 Å². The molecule has 3 rings (SSSR count). The topological polar surface area (TPSA) is 68.4 Å². The first kappa shape index (κ1) is 12.9. The van der Waals surface area contributed by atoms with Gasteiger partial charge in [0.1, 0.15) is 0 Å². The number of hydrogen-bond donors (Lipinski definition) is 0. The number of nitro groups is 1. The monoisotopic (exact) mass is 291 g/mol. The Bertz CT molecular complexity index is 676. The zero-order valence-electron chi connectivity index (χ0n) is 10.9. The van der Waals surface area contributed by atoms with E-state index in [1.54, 1.807) is 4.90 Å². The summed E-state index contributed by atoms with van der Waals surface area (Å²) in [5.41, 5.74) is 1.09. The summed E-state index contributed by atoms with van der Waals surface area (Å²) < 4.78 is 2.13. The summed E-state index contributed by atoms with van der Waals surface area (Å²) in [6, 6.07) is 6.87. The zero-order valence-corrected chi connectivity index (χ0v) is 11.7. The molecule has 104 valence electrons. The average Bonchev–Trinajstić information content (AvgIpc) is 3.08. The van der Waals surface area contributed by atoms with E-state index in [2.05, 4.69) is 4.57 Å². The highest BCUT2D eigenvalue weighted by Crippen LogP contribution is 2.30. The van der Waals surface area contributed by atoms with Gasteiger partial charge in [0, 0.05) is 31.0 Å². The van der Waals surface area contributed by atoms with Gasteiger partial charge in [-0.1, -0.05) is 11.3 Å². The van der Waals surface area contributed by atoms with E-state index >= 15 is 0 Å². The summed E-state index contributed by atoms with van der Waals surface area (Å²) in [6.45, 7) is 3.35. The van der Waals surface area contributed by atoms with E-state index in [0.717, 1.165) is 23.6 Å². The van der Waals surface area contributed by atoms with Gasteiger partial charge in [-0.3, -0.25) is 14.9 Å². The second kappa shape index (κ2) is 4.75. The summed E-state index contributed by atoms with van der Waals surface area (Å²) in [7, 11) is 0. The van der Waals surface area contributed by atoms with Gasteiger partial charge in [0.15, 0.2) is 0 Å². The molecule has 0 aliphatic carbocycles. The van der Waals surface area contributed by atoms with Gasteiger partial charge in [-0.15, -0.1) is 0 Å². The Morgan fingerprint density at radius 3 is 2.90 bits per heavy atom. The molecule has 2 aromatic heterocycles. The maximum Gasteiger partial charge on any atom is 0.324 e. The molecule has 0 fully saturated rings. The minimum absolute atomic E-state index is 0.00128. The van der Waals surface area contributed by atoms with Crippen LogP contribution in [0.3, 0.4) is 0 Å². The second-order valence-electron chi connectivity index (χ2n) is 4.70. The summed E-state index contributed by atoms with van der Waals surface area (Å²) in [4.78, 5) is 24.9. The van der Waals surface area contributed by atoms with Crippen molar-refractivity contribution >= 4 is 22.2 Å². The van der Waals surface area contributed by atoms with Crippen LogP contribution in [0, 0.1) is 10.1 Å². The molecule has 6 nitrogen and oxygen atoms in total. The lowest BCUT2D eigenvalue weighted by molar-refractivity contribution is -0.380. The molecule has 0 radical (unpaired) electrons. The number of fused-ring (bicyclic) bond motifs is 1. The first-order valence-corrected chi connectivity index (χ1v) is 7.10. The zero-order chi connectivity index (χ0) is 14.3. The third-order valence-electron chi connectivity index (χ3n) is 3.59. The van der Waals surface area contributed by atoms with Crippen molar-refractivity contribution in [3.63, 3.8) is 0 Å². The number of nitrogens with zero attached hydrogens (tertiary/aromatic N) is 3. The Labute approximate surface area is 119 Å².